The van der Waals surface area contributed by atoms with E-state index in [-0.39, 0.29) is 0 Å². The van der Waals surface area contributed by atoms with E-state index >= 15 is 0 Å². The van der Waals surface area contributed by atoms with Gasteiger partial charge in [0.1, 0.15) is 0 Å². The second-order valence-electron chi connectivity index (χ2n) is 3.54. The van der Waals surface area contributed by atoms with Crippen molar-refractivity contribution in [3.05, 3.63) is 24.3 Å². The zero-order valence-electron chi connectivity index (χ0n) is 8.99. The van der Waals surface area contributed by atoms with Crippen molar-refractivity contribution in [3.8, 4) is 0 Å². The van der Waals surface area contributed by atoms with Crippen LogP contribution in [0, 0.1) is 0 Å². The molecule has 0 aromatic heterocycles. The summed E-state index contributed by atoms with van der Waals surface area (Å²) in [4.78, 5) is 1.32. The maximum absolute atomic E-state index is 3.35. The van der Waals surface area contributed by atoms with Gasteiger partial charge in [-0.25, -0.2) is 4.31 Å². The summed E-state index contributed by atoms with van der Waals surface area (Å²) in [5, 5.41) is 6.48. The van der Waals surface area contributed by atoms with Crippen LogP contribution in [0.5, 0.6) is 0 Å². The lowest BCUT2D eigenvalue weighted by molar-refractivity contribution is 0.396. The van der Waals surface area contributed by atoms with Crippen molar-refractivity contribution in [1.29, 1.82) is 0 Å². The second kappa shape index (κ2) is 5.39. The molecule has 0 bridgehead atoms. The molecule has 1 saturated heterocycles. The molecule has 0 amide bonds. The molecular formula is C11H17N3S. The van der Waals surface area contributed by atoms with Crippen LogP contribution in [0.1, 0.15) is 0 Å². The van der Waals surface area contributed by atoms with Gasteiger partial charge < -0.3 is 10.6 Å². The normalized spacial score (nSPS) is 17.7. The lowest BCUT2D eigenvalue weighted by Crippen LogP contribution is -2.39. The first-order chi connectivity index (χ1) is 7.38. The summed E-state index contributed by atoms with van der Waals surface area (Å²) in [7, 11) is 1.94. The summed E-state index contributed by atoms with van der Waals surface area (Å²) in [5.74, 6) is 0. The van der Waals surface area contributed by atoms with Gasteiger partial charge in [-0.15, -0.1) is 0 Å². The molecule has 15 heavy (non-hydrogen) atoms. The fourth-order valence-electron chi connectivity index (χ4n) is 1.57. The highest BCUT2D eigenvalue weighted by Crippen LogP contribution is 2.23. The Morgan fingerprint density at radius 3 is 2.47 bits per heavy atom. The molecule has 0 saturated carbocycles. The first kappa shape index (κ1) is 10.8. The van der Waals surface area contributed by atoms with Crippen molar-refractivity contribution in [2.75, 3.05) is 38.5 Å². The van der Waals surface area contributed by atoms with Gasteiger partial charge >= 0.3 is 0 Å². The number of benzene rings is 1. The lowest BCUT2D eigenvalue weighted by Gasteiger charge is -2.25. The molecular weight excluding hydrogens is 206 g/mol. The zero-order valence-corrected chi connectivity index (χ0v) is 9.81. The maximum atomic E-state index is 3.35. The van der Waals surface area contributed by atoms with E-state index < -0.39 is 0 Å². The second-order valence-corrected chi connectivity index (χ2v) is 4.72. The third kappa shape index (κ3) is 3.12. The van der Waals surface area contributed by atoms with Crippen LogP contribution in [0.25, 0.3) is 0 Å². The average Bonchev–Trinajstić information content (AvgIpc) is 2.31. The minimum atomic E-state index is 1.10. The molecule has 1 aromatic rings. The summed E-state index contributed by atoms with van der Waals surface area (Å²) < 4.78 is 2.41. The Kier molecular flexibility index (Phi) is 3.88. The SMILES string of the molecule is CNc1ccc(SN2CCNCC2)cc1. The quantitative estimate of drug-likeness (QED) is 0.762. The molecule has 1 aliphatic rings. The van der Waals surface area contributed by atoms with Crippen molar-refractivity contribution in [2.45, 2.75) is 4.90 Å². The van der Waals surface area contributed by atoms with Gasteiger partial charge in [0.2, 0.25) is 0 Å². The van der Waals surface area contributed by atoms with E-state index in [0.29, 0.717) is 0 Å². The van der Waals surface area contributed by atoms with Gasteiger partial charge in [-0.1, -0.05) is 0 Å². The number of hydrogen-bond acceptors (Lipinski definition) is 4. The highest BCUT2D eigenvalue weighted by atomic mass is 32.2. The first-order valence-electron chi connectivity index (χ1n) is 5.30. The van der Waals surface area contributed by atoms with E-state index in [0.717, 1.165) is 26.2 Å². The topological polar surface area (TPSA) is 27.3 Å². The minimum absolute atomic E-state index is 1.10. The lowest BCUT2D eigenvalue weighted by atomic mass is 10.3. The van der Waals surface area contributed by atoms with Crippen molar-refractivity contribution in [2.24, 2.45) is 0 Å². The van der Waals surface area contributed by atoms with E-state index in [9.17, 15) is 0 Å². The highest BCUT2D eigenvalue weighted by Gasteiger charge is 2.10. The Hall–Kier alpha value is -0.710. The number of anilines is 1. The van der Waals surface area contributed by atoms with Gasteiger partial charge in [0.05, 0.1) is 0 Å². The zero-order chi connectivity index (χ0) is 10.5. The van der Waals surface area contributed by atoms with E-state index in [1.54, 1.807) is 0 Å². The first-order valence-corrected chi connectivity index (χ1v) is 6.07. The molecule has 2 N–H and O–H groups in total. The standard InChI is InChI=1S/C11H17N3S/c1-12-10-2-4-11(5-3-10)15-14-8-6-13-7-9-14/h2-5,12-13H,6-9H2,1H3. The van der Waals surface area contributed by atoms with Gasteiger partial charge in [0, 0.05) is 43.8 Å². The largest absolute Gasteiger partial charge is 0.388 e. The van der Waals surface area contributed by atoms with Crippen LogP contribution in [0.2, 0.25) is 0 Å². The predicted molar refractivity (Wildman–Crippen MR) is 66.3 cm³/mol. The molecule has 1 aromatic carbocycles. The molecule has 2 rings (SSSR count). The Bertz CT molecular complexity index is 293. The summed E-state index contributed by atoms with van der Waals surface area (Å²) in [6.07, 6.45) is 0. The smallest absolute Gasteiger partial charge is 0.0338 e. The molecule has 4 heteroatoms. The number of piperazine rings is 1. The van der Waals surface area contributed by atoms with E-state index in [1.165, 1.54) is 10.6 Å². The Balaban J connectivity index is 1.91. The van der Waals surface area contributed by atoms with Crippen molar-refractivity contribution in [3.63, 3.8) is 0 Å². The highest BCUT2D eigenvalue weighted by molar-refractivity contribution is 7.97. The molecule has 1 aliphatic heterocycles. The molecule has 0 unspecified atom stereocenters. The molecule has 0 aliphatic carbocycles. The van der Waals surface area contributed by atoms with Crippen LogP contribution >= 0.6 is 11.9 Å². The van der Waals surface area contributed by atoms with Crippen LogP contribution in [-0.2, 0) is 0 Å². The van der Waals surface area contributed by atoms with E-state index in [2.05, 4.69) is 39.2 Å². The van der Waals surface area contributed by atoms with E-state index in [4.69, 9.17) is 0 Å². The number of nitrogens with zero attached hydrogens (tertiary/aromatic N) is 1. The summed E-state index contributed by atoms with van der Waals surface area (Å²) in [5.41, 5.74) is 1.17. The van der Waals surface area contributed by atoms with Crippen molar-refractivity contribution >= 4 is 17.6 Å². The minimum Gasteiger partial charge on any atom is -0.388 e. The molecule has 1 fully saturated rings. The number of nitrogens with one attached hydrogen (secondary N) is 2. The fraction of sp³-hybridized carbons (Fsp3) is 0.455. The molecule has 0 atom stereocenters. The third-order valence-corrected chi connectivity index (χ3v) is 3.56. The molecule has 1 heterocycles. The van der Waals surface area contributed by atoms with Crippen LogP contribution in [0.3, 0.4) is 0 Å². The molecule has 0 spiro atoms. The average molecular weight is 223 g/mol. The fourth-order valence-corrected chi connectivity index (χ4v) is 2.49. The van der Waals surface area contributed by atoms with Gasteiger partial charge in [0.15, 0.2) is 0 Å². The van der Waals surface area contributed by atoms with Crippen molar-refractivity contribution in [1.82, 2.24) is 9.62 Å². The molecule has 82 valence electrons. The number of hydrogen-bond donors (Lipinski definition) is 2. The Morgan fingerprint density at radius 2 is 1.87 bits per heavy atom. The maximum Gasteiger partial charge on any atom is 0.0338 e. The van der Waals surface area contributed by atoms with Crippen LogP contribution in [0.4, 0.5) is 5.69 Å². The number of rotatable bonds is 3. The monoisotopic (exact) mass is 223 g/mol. The van der Waals surface area contributed by atoms with Gasteiger partial charge in [-0.05, 0) is 36.2 Å². The van der Waals surface area contributed by atoms with Gasteiger partial charge in [0.25, 0.3) is 0 Å². The van der Waals surface area contributed by atoms with E-state index in [1.807, 2.05) is 19.0 Å². The van der Waals surface area contributed by atoms with Crippen molar-refractivity contribution < 1.29 is 0 Å². The Labute approximate surface area is 95.4 Å². The summed E-state index contributed by atoms with van der Waals surface area (Å²) >= 11 is 1.85. The Morgan fingerprint density at radius 1 is 1.20 bits per heavy atom. The van der Waals surface area contributed by atoms with Gasteiger partial charge in [-0.3, -0.25) is 0 Å². The van der Waals surface area contributed by atoms with Gasteiger partial charge in [-0.2, -0.15) is 0 Å². The van der Waals surface area contributed by atoms with Crippen LogP contribution in [-0.4, -0.2) is 37.5 Å². The summed E-state index contributed by atoms with van der Waals surface area (Å²) in [6.45, 7) is 4.44. The van der Waals surface area contributed by atoms with Crippen LogP contribution in [0.15, 0.2) is 29.2 Å². The summed E-state index contributed by atoms with van der Waals surface area (Å²) in [6, 6.07) is 8.56. The van der Waals surface area contributed by atoms with Crippen LogP contribution < -0.4 is 10.6 Å². The predicted octanol–water partition coefficient (Wildman–Crippen LogP) is 1.64. The third-order valence-electron chi connectivity index (χ3n) is 2.45. The molecule has 0 radical (unpaired) electrons. The molecule has 3 nitrogen and oxygen atoms in total.